The Hall–Kier alpha value is -1.22. The van der Waals surface area contributed by atoms with Crippen molar-refractivity contribution in [1.82, 2.24) is 0 Å². The molecule has 1 aliphatic carbocycles. The molecule has 1 atom stereocenters. The molecule has 1 aromatic rings. The van der Waals surface area contributed by atoms with Crippen molar-refractivity contribution in [2.75, 3.05) is 20.8 Å². The van der Waals surface area contributed by atoms with Gasteiger partial charge in [-0.05, 0) is 36.9 Å². The molecule has 1 unspecified atom stereocenters. The quantitative estimate of drug-likeness (QED) is 0.872. The maximum absolute atomic E-state index is 5.79. The van der Waals surface area contributed by atoms with E-state index >= 15 is 0 Å². The molecule has 0 saturated heterocycles. The first-order valence-corrected chi connectivity index (χ1v) is 6.59. The second-order valence-electron chi connectivity index (χ2n) is 5.40. The summed E-state index contributed by atoms with van der Waals surface area (Å²) in [6.07, 6.45) is 2.03. The van der Waals surface area contributed by atoms with Gasteiger partial charge in [0.1, 0.15) is 11.5 Å². The number of methoxy groups -OCH3 is 2. The number of nitrogens with two attached hydrogens (primary N) is 1. The fourth-order valence-electron chi connectivity index (χ4n) is 2.85. The van der Waals surface area contributed by atoms with E-state index in [1.54, 1.807) is 14.2 Å². The van der Waals surface area contributed by atoms with Gasteiger partial charge in [0.05, 0.1) is 14.2 Å². The standard InChI is InChI=1S/C15H23NO2/c1-9(2)5-10-7-13(17-3)14-11(8-16)6-12(14)15(10)18-4/h7,9,11H,5-6,8,16H2,1-4H3. The molecule has 100 valence electrons. The van der Waals surface area contributed by atoms with Gasteiger partial charge < -0.3 is 15.2 Å². The highest BCUT2D eigenvalue weighted by molar-refractivity contribution is 5.60. The third kappa shape index (κ3) is 2.07. The van der Waals surface area contributed by atoms with Crippen molar-refractivity contribution in [3.05, 3.63) is 22.8 Å². The first-order valence-electron chi connectivity index (χ1n) is 6.59. The minimum absolute atomic E-state index is 0.428. The van der Waals surface area contributed by atoms with Crippen LogP contribution in [0, 0.1) is 5.92 Å². The van der Waals surface area contributed by atoms with Crippen LogP contribution < -0.4 is 15.2 Å². The number of benzene rings is 1. The molecule has 1 aliphatic rings. The van der Waals surface area contributed by atoms with Crippen LogP contribution >= 0.6 is 0 Å². The van der Waals surface area contributed by atoms with Gasteiger partial charge in [-0.3, -0.25) is 0 Å². The van der Waals surface area contributed by atoms with Crippen LogP contribution in [-0.2, 0) is 12.8 Å². The highest BCUT2D eigenvalue weighted by Crippen LogP contribution is 2.48. The zero-order valence-corrected chi connectivity index (χ0v) is 11.7. The average Bonchev–Trinajstić information content (AvgIpc) is 2.30. The minimum Gasteiger partial charge on any atom is -0.496 e. The van der Waals surface area contributed by atoms with Gasteiger partial charge in [-0.25, -0.2) is 0 Å². The first-order chi connectivity index (χ1) is 8.62. The normalized spacial score (nSPS) is 17.3. The van der Waals surface area contributed by atoms with Gasteiger partial charge in [0.2, 0.25) is 0 Å². The zero-order chi connectivity index (χ0) is 13.3. The lowest BCUT2D eigenvalue weighted by Gasteiger charge is -2.34. The van der Waals surface area contributed by atoms with E-state index in [9.17, 15) is 0 Å². The Morgan fingerprint density at radius 3 is 2.56 bits per heavy atom. The van der Waals surface area contributed by atoms with Crippen LogP contribution in [0.25, 0.3) is 0 Å². The fraction of sp³-hybridized carbons (Fsp3) is 0.600. The molecule has 0 amide bonds. The van der Waals surface area contributed by atoms with E-state index < -0.39 is 0 Å². The molecule has 0 fully saturated rings. The summed E-state index contributed by atoms with van der Waals surface area (Å²) in [5, 5.41) is 0. The van der Waals surface area contributed by atoms with Crippen molar-refractivity contribution < 1.29 is 9.47 Å². The van der Waals surface area contributed by atoms with Crippen LogP contribution in [0.2, 0.25) is 0 Å². The average molecular weight is 249 g/mol. The third-order valence-electron chi connectivity index (χ3n) is 3.66. The van der Waals surface area contributed by atoms with Crippen LogP contribution in [0.3, 0.4) is 0 Å². The topological polar surface area (TPSA) is 44.5 Å². The number of ether oxygens (including phenoxy) is 2. The smallest absolute Gasteiger partial charge is 0.125 e. The van der Waals surface area contributed by atoms with Crippen LogP contribution in [0.15, 0.2) is 6.07 Å². The van der Waals surface area contributed by atoms with Gasteiger partial charge >= 0.3 is 0 Å². The largest absolute Gasteiger partial charge is 0.496 e. The van der Waals surface area contributed by atoms with E-state index in [0.717, 1.165) is 24.3 Å². The molecule has 0 saturated carbocycles. The lowest BCUT2D eigenvalue weighted by atomic mass is 9.75. The van der Waals surface area contributed by atoms with Crippen molar-refractivity contribution in [1.29, 1.82) is 0 Å². The van der Waals surface area contributed by atoms with Gasteiger partial charge in [-0.2, -0.15) is 0 Å². The highest BCUT2D eigenvalue weighted by atomic mass is 16.5. The maximum Gasteiger partial charge on any atom is 0.125 e. The van der Waals surface area contributed by atoms with E-state index in [1.165, 1.54) is 16.7 Å². The molecule has 18 heavy (non-hydrogen) atoms. The predicted octanol–water partition coefficient (Wildman–Crippen LogP) is 2.50. The molecule has 0 spiro atoms. The van der Waals surface area contributed by atoms with Crippen molar-refractivity contribution in [3.8, 4) is 11.5 Å². The van der Waals surface area contributed by atoms with Gasteiger partial charge in [-0.15, -0.1) is 0 Å². The lowest BCUT2D eigenvalue weighted by Crippen LogP contribution is -2.27. The van der Waals surface area contributed by atoms with Crippen molar-refractivity contribution >= 4 is 0 Å². The number of hydrogen-bond acceptors (Lipinski definition) is 3. The number of rotatable bonds is 5. The molecule has 0 aromatic heterocycles. The van der Waals surface area contributed by atoms with E-state index in [4.69, 9.17) is 15.2 Å². The molecule has 2 N–H and O–H groups in total. The van der Waals surface area contributed by atoms with Crippen LogP contribution in [0.5, 0.6) is 11.5 Å². The Balaban J connectivity index is 2.48. The lowest BCUT2D eigenvalue weighted by molar-refractivity contribution is 0.371. The predicted molar refractivity (Wildman–Crippen MR) is 73.6 cm³/mol. The Kier molecular flexibility index (Phi) is 3.81. The van der Waals surface area contributed by atoms with Crippen LogP contribution in [0.4, 0.5) is 0 Å². The third-order valence-corrected chi connectivity index (χ3v) is 3.66. The summed E-state index contributed by atoms with van der Waals surface area (Å²) in [6, 6.07) is 2.12. The number of hydrogen-bond donors (Lipinski definition) is 1. The summed E-state index contributed by atoms with van der Waals surface area (Å²) in [6.45, 7) is 5.11. The molecule has 2 rings (SSSR count). The molecule has 0 heterocycles. The zero-order valence-electron chi connectivity index (χ0n) is 11.7. The van der Waals surface area contributed by atoms with E-state index in [0.29, 0.717) is 18.4 Å². The Morgan fingerprint density at radius 2 is 2.06 bits per heavy atom. The Bertz CT molecular complexity index is 441. The molecule has 3 nitrogen and oxygen atoms in total. The van der Waals surface area contributed by atoms with Gasteiger partial charge in [0, 0.05) is 17.0 Å². The van der Waals surface area contributed by atoms with Crippen molar-refractivity contribution in [2.24, 2.45) is 11.7 Å². The molecule has 0 bridgehead atoms. The van der Waals surface area contributed by atoms with Crippen molar-refractivity contribution in [2.45, 2.75) is 32.6 Å². The summed E-state index contributed by atoms with van der Waals surface area (Å²) < 4.78 is 11.1. The van der Waals surface area contributed by atoms with Crippen LogP contribution in [0.1, 0.15) is 36.5 Å². The number of fused-ring (bicyclic) bond motifs is 1. The summed E-state index contributed by atoms with van der Waals surface area (Å²) >= 11 is 0. The second-order valence-corrected chi connectivity index (χ2v) is 5.40. The summed E-state index contributed by atoms with van der Waals surface area (Å²) in [5.41, 5.74) is 9.58. The van der Waals surface area contributed by atoms with E-state index in [1.807, 2.05) is 0 Å². The van der Waals surface area contributed by atoms with Gasteiger partial charge in [0.15, 0.2) is 0 Å². The van der Waals surface area contributed by atoms with Gasteiger partial charge in [0.25, 0.3) is 0 Å². The molecule has 1 aromatic carbocycles. The summed E-state index contributed by atoms with van der Waals surface area (Å²) in [5.74, 6) is 3.05. The fourth-order valence-corrected chi connectivity index (χ4v) is 2.85. The first kappa shape index (κ1) is 13.2. The molecule has 0 aliphatic heterocycles. The molecular formula is C15H23NO2. The van der Waals surface area contributed by atoms with Crippen molar-refractivity contribution in [3.63, 3.8) is 0 Å². The van der Waals surface area contributed by atoms with Gasteiger partial charge in [-0.1, -0.05) is 13.8 Å². The van der Waals surface area contributed by atoms with E-state index in [-0.39, 0.29) is 0 Å². The Labute approximate surface area is 109 Å². The second kappa shape index (κ2) is 5.19. The molecule has 0 radical (unpaired) electrons. The summed E-state index contributed by atoms with van der Waals surface area (Å²) in [7, 11) is 3.48. The Morgan fingerprint density at radius 1 is 1.33 bits per heavy atom. The monoisotopic (exact) mass is 249 g/mol. The minimum atomic E-state index is 0.428. The highest BCUT2D eigenvalue weighted by Gasteiger charge is 2.33. The van der Waals surface area contributed by atoms with Crippen LogP contribution in [-0.4, -0.2) is 20.8 Å². The maximum atomic E-state index is 5.79. The van der Waals surface area contributed by atoms with E-state index in [2.05, 4.69) is 19.9 Å². The molecule has 3 heteroatoms. The summed E-state index contributed by atoms with van der Waals surface area (Å²) in [4.78, 5) is 0. The SMILES string of the molecule is COc1cc(CC(C)C)c(OC)c2c1C(CN)C2. The molecular weight excluding hydrogens is 226 g/mol.